The average molecular weight is 351 g/mol. The minimum atomic E-state index is -0.442. The Hall–Kier alpha value is -0.223. The van der Waals surface area contributed by atoms with Crippen molar-refractivity contribution in [2.75, 3.05) is 0 Å². The molecule has 1 heteroatoms. The Balaban J connectivity index is 3.03. The second-order valence-electron chi connectivity index (χ2n) is 8.00. The summed E-state index contributed by atoms with van der Waals surface area (Å²) in [4.78, 5) is 0. The zero-order valence-corrected chi connectivity index (χ0v) is 18.5. The van der Waals surface area contributed by atoms with Crippen molar-refractivity contribution in [2.45, 2.75) is 135 Å². The summed E-state index contributed by atoms with van der Waals surface area (Å²) in [5.41, 5.74) is 0. The van der Waals surface area contributed by atoms with Crippen LogP contribution in [0, 0.1) is 11.8 Å². The summed E-state index contributed by atoms with van der Waals surface area (Å²) in [6.45, 7) is 7.05. The fraction of sp³-hybridized carbons (Fsp3) is 0.913. The molecule has 0 bridgehead atoms. The van der Waals surface area contributed by atoms with Gasteiger partial charge in [0, 0.05) is 21.3 Å². The Morgan fingerprint density at radius 1 is 0.500 bits per heavy atom. The molecular formula is C23H46Si. The smallest absolute Gasteiger partial charge is 0.0443 e. The van der Waals surface area contributed by atoms with Crippen molar-refractivity contribution in [1.29, 1.82) is 0 Å². The van der Waals surface area contributed by atoms with Crippen molar-refractivity contribution in [1.82, 2.24) is 0 Å². The Kier molecular flexibility index (Phi) is 20.6. The van der Waals surface area contributed by atoms with Crippen molar-refractivity contribution < 1.29 is 0 Å². The maximum atomic E-state index is 3.35. The fourth-order valence-corrected chi connectivity index (χ4v) is 3.68. The molecule has 0 amide bonds. The van der Waals surface area contributed by atoms with E-state index in [-0.39, 0.29) is 0 Å². The van der Waals surface area contributed by atoms with Gasteiger partial charge in [-0.25, -0.2) is 0 Å². The third-order valence-corrected chi connectivity index (χ3v) is 5.81. The lowest BCUT2D eigenvalue weighted by molar-refractivity contribution is 0.530. The molecule has 0 aromatic carbocycles. The van der Waals surface area contributed by atoms with E-state index in [2.05, 4.69) is 31.9 Å². The topological polar surface area (TPSA) is 0 Å². The first kappa shape index (κ1) is 23.8. The SMILES string of the molecule is CCCCCCCCCCCCCCCCCCC#CC[SiH](C)C. The van der Waals surface area contributed by atoms with E-state index in [0.29, 0.717) is 0 Å². The van der Waals surface area contributed by atoms with E-state index in [9.17, 15) is 0 Å². The van der Waals surface area contributed by atoms with Crippen LogP contribution in [-0.4, -0.2) is 8.80 Å². The molecule has 0 aliphatic heterocycles. The van der Waals surface area contributed by atoms with E-state index in [1.807, 2.05) is 0 Å². The van der Waals surface area contributed by atoms with Crippen molar-refractivity contribution in [2.24, 2.45) is 0 Å². The zero-order valence-electron chi connectivity index (χ0n) is 17.3. The van der Waals surface area contributed by atoms with E-state index in [4.69, 9.17) is 0 Å². The number of hydrogen-bond donors (Lipinski definition) is 0. The largest absolute Gasteiger partial charge is 0.107 e. The van der Waals surface area contributed by atoms with Gasteiger partial charge in [-0.3, -0.25) is 0 Å². The average Bonchev–Trinajstić information content (AvgIpc) is 2.56. The highest BCUT2D eigenvalue weighted by Gasteiger charge is 1.94. The quantitative estimate of drug-likeness (QED) is 0.141. The summed E-state index contributed by atoms with van der Waals surface area (Å²) in [6.07, 6.45) is 24.3. The van der Waals surface area contributed by atoms with E-state index >= 15 is 0 Å². The molecule has 0 nitrogen and oxygen atoms in total. The maximum Gasteiger partial charge on any atom is 0.0443 e. The van der Waals surface area contributed by atoms with Crippen molar-refractivity contribution >= 4 is 8.80 Å². The summed E-state index contributed by atoms with van der Waals surface area (Å²) < 4.78 is 0. The van der Waals surface area contributed by atoms with Crippen molar-refractivity contribution in [3.63, 3.8) is 0 Å². The molecule has 0 aliphatic carbocycles. The fourth-order valence-electron chi connectivity index (χ4n) is 3.13. The number of rotatable bonds is 17. The standard InChI is InChI=1S/C23H46Si/c1-4-5-6-7-8-9-10-11-12-13-14-15-16-17-18-19-20-21-22-23-24(2)3/h24H,4-20,23H2,1-3H3. The third-order valence-electron chi connectivity index (χ3n) is 4.79. The van der Waals surface area contributed by atoms with Crippen LogP contribution in [-0.2, 0) is 0 Å². The van der Waals surface area contributed by atoms with Gasteiger partial charge in [0.2, 0.25) is 0 Å². The summed E-state index contributed by atoms with van der Waals surface area (Å²) in [7, 11) is -0.442. The lowest BCUT2D eigenvalue weighted by Crippen LogP contribution is -1.95. The molecule has 0 saturated carbocycles. The molecule has 24 heavy (non-hydrogen) atoms. The first-order valence-corrected chi connectivity index (χ1v) is 14.4. The van der Waals surface area contributed by atoms with E-state index in [0.717, 1.165) is 6.42 Å². The Morgan fingerprint density at radius 3 is 1.25 bits per heavy atom. The van der Waals surface area contributed by atoms with Gasteiger partial charge in [-0.15, -0.1) is 11.8 Å². The van der Waals surface area contributed by atoms with E-state index in [1.165, 1.54) is 109 Å². The van der Waals surface area contributed by atoms with E-state index in [1.54, 1.807) is 0 Å². The summed E-state index contributed by atoms with van der Waals surface area (Å²) >= 11 is 0. The lowest BCUT2D eigenvalue weighted by Gasteiger charge is -2.03. The second kappa shape index (κ2) is 20.8. The molecule has 0 N–H and O–H groups in total. The molecule has 0 saturated heterocycles. The molecule has 0 spiro atoms. The molecule has 0 aromatic heterocycles. The van der Waals surface area contributed by atoms with Crippen LogP contribution in [0.5, 0.6) is 0 Å². The van der Waals surface area contributed by atoms with Gasteiger partial charge < -0.3 is 0 Å². The summed E-state index contributed by atoms with van der Waals surface area (Å²) in [5.74, 6) is 6.70. The predicted molar refractivity (Wildman–Crippen MR) is 116 cm³/mol. The maximum absolute atomic E-state index is 3.35. The normalized spacial score (nSPS) is 10.8. The van der Waals surface area contributed by atoms with E-state index < -0.39 is 8.80 Å². The van der Waals surface area contributed by atoms with Crippen LogP contribution in [0.15, 0.2) is 0 Å². The van der Waals surface area contributed by atoms with Crippen molar-refractivity contribution in [3.05, 3.63) is 0 Å². The van der Waals surface area contributed by atoms with Gasteiger partial charge in [-0.05, 0) is 6.42 Å². The number of unbranched alkanes of at least 4 members (excludes halogenated alkanes) is 16. The number of hydrogen-bond acceptors (Lipinski definition) is 0. The Morgan fingerprint density at radius 2 is 0.875 bits per heavy atom. The van der Waals surface area contributed by atoms with Crippen LogP contribution >= 0.6 is 0 Å². The molecule has 0 unspecified atom stereocenters. The molecule has 0 aliphatic rings. The highest BCUT2D eigenvalue weighted by atomic mass is 28.3. The van der Waals surface area contributed by atoms with Crippen LogP contribution < -0.4 is 0 Å². The van der Waals surface area contributed by atoms with Crippen LogP contribution in [0.2, 0.25) is 19.1 Å². The van der Waals surface area contributed by atoms with Crippen LogP contribution in [0.1, 0.15) is 116 Å². The monoisotopic (exact) mass is 350 g/mol. The van der Waals surface area contributed by atoms with Gasteiger partial charge in [-0.2, -0.15) is 0 Å². The third kappa shape index (κ3) is 21.8. The highest BCUT2D eigenvalue weighted by Crippen LogP contribution is 2.13. The molecule has 142 valence electrons. The molecule has 0 radical (unpaired) electrons. The van der Waals surface area contributed by atoms with Gasteiger partial charge in [-0.1, -0.05) is 116 Å². The first-order valence-electron chi connectivity index (χ1n) is 11.2. The zero-order chi connectivity index (χ0) is 17.7. The van der Waals surface area contributed by atoms with Crippen molar-refractivity contribution in [3.8, 4) is 11.8 Å². The Labute approximate surface area is 156 Å². The van der Waals surface area contributed by atoms with Crippen LogP contribution in [0.25, 0.3) is 0 Å². The summed E-state index contributed by atoms with van der Waals surface area (Å²) in [6, 6.07) is 1.21. The van der Waals surface area contributed by atoms with Gasteiger partial charge in [0.25, 0.3) is 0 Å². The van der Waals surface area contributed by atoms with Gasteiger partial charge >= 0.3 is 0 Å². The van der Waals surface area contributed by atoms with Gasteiger partial charge in [0.1, 0.15) is 0 Å². The summed E-state index contributed by atoms with van der Waals surface area (Å²) in [5, 5.41) is 0. The Bertz CT molecular complexity index is 284. The molecule has 0 aromatic rings. The highest BCUT2D eigenvalue weighted by molar-refractivity contribution is 6.56. The van der Waals surface area contributed by atoms with Crippen LogP contribution in [0.4, 0.5) is 0 Å². The lowest BCUT2D eigenvalue weighted by atomic mass is 10.0. The minimum absolute atomic E-state index is 0.442. The van der Waals surface area contributed by atoms with Gasteiger partial charge in [0.15, 0.2) is 0 Å². The van der Waals surface area contributed by atoms with Gasteiger partial charge in [0.05, 0.1) is 0 Å². The second-order valence-corrected chi connectivity index (χ2v) is 11.2. The minimum Gasteiger partial charge on any atom is -0.107 e. The van der Waals surface area contributed by atoms with Crippen LogP contribution in [0.3, 0.4) is 0 Å². The first-order chi connectivity index (χ1) is 11.8. The molecule has 0 rings (SSSR count). The molecular weight excluding hydrogens is 304 g/mol. The molecule has 0 atom stereocenters. The molecule has 0 heterocycles. The molecule has 0 fully saturated rings. The predicted octanol–water partition coefficient (Wildman–Crippen LogP) is 8.13.